The van der Waals surface area contributed by atoms with Gasteiger partial charge in [0.25, 0.3) is 0 Å². The van der Waals surface area contributed by atoms with Gasteiger partial charge in [0, 0.05) is 5.02 Å². The van der Waals surface area contributed by atoms with Crippen LogP contribution in [-0.2, 0) is 0 Å². The van der Waals surface area contributed by atoms with E-state index in [1.54, 1.807) is 0 Å². The smallest absolute Gasteiger partial charge is 0.165 e. The number of hydrogen-bond donors (Lipinski definition) is 1. The maximum Gasteiger partial charge on any atom is 0.165 e. The summed E-state index contributed by atoms with van der Waals surface area (Å²) in [6.45, 7) is 0. The van der Waals surface area contributed by atoms with Crippen LogP contribution >= 0.6 is 11.6 Å². The van der Waals surface area contributed by atoms with E-state index in [9.17, 15) is 13.2 Å². The SMILES string of the molecule is COc1ccc(C(N)c2cc(F)c(F)cc2Cl)cc1F. The van der Waals surface area contributed by atoms with Crippen molar-refractivity contribution in [1.29, 1.82) is 0 Å². The predicted octanol–water partition coefficient (Wildman–Crippen LogP) is 3.81. The van der Waals surface area contributed by atoms with Gasteiger partial charge in [0.2, 0.25) is 0 Å². The Kier molecular flexibility index (Phi) is 4.20. The highest BCUT2D eigenvalue weighted by Crippen LogP contribution is 2.30. The van der Waals surface area contributed by atoms with Crippen LogP contribution in [0.15, 0.2) is 30.3 Å². The molecule has 0 aromatic heterocycles. The van der Waals surface area contributed by atoms with Crippen LogP contribution < -0.4 is 10.5 Å². The van der Waals surface area contributed by atoms with Crippen LogP contribution in [-0.4, -0.2) is 7.11 Å². The third-order valence-corrected chi connectivity index (χ3v) is 3.24. The van der Waals surface area contributed by atoms with Gasteiger partial charge in [0.15, 0.2) is 23.2 Å². The lowest BCUT2D eigenvalue weighted by atomic mass is 9.99. The molecule has 0 heterocycles. The molecule has 0 saturated carbocycles. The fourth-order valence-electron chi connectivity index (χ4n) is 1.83. The lowest BCUT2D eigenvalue weighted by molar-refractivity contribution is 0.386. The summed E-state index contributed by atoms with van der Waals surface area (Å²) in [6, 6.07) is 4.97. The van der Waals surface area contributed by atoms with Crippen molar-refractivity contribution in [3.05, 3.63) is 63.9 Å². The summed E-state index contributed by atoms with van der Waals surface area (Å²) in [6.07, 6.45) is 0. The molecular weight excluding hydrogens is 291 g/mol. The van der Waals surface area contributed by atoms with Crippen molar-refractivity contribution in [3.63, 3.8) is 0 Å². The van der Waals surface area contributed by atoms with E-state index in [4.69, 9.17) is 22.1 Å². The maximum absolute atomic E-state index is 13.6. The maximum atomic E-state index is 13.6. The molecule has 0 spiro atoms. The van der Waals surface area contributed by atoms with E-state index in [0.29, 0.717) is 5.56 Å². The van der Waals surface area contributed by atoms with Crippen molar-refractivity contribution < 1.29 is 17.9 Å². The molecule has 20 heavy (non-hydrogen) atoms. The standard InChI is InChI=1S/C14H11ClF3NO/c1-20-13-3-2-7(4-12(13)18)14(19)8-5-10(16)11(17)6-9(8)15/h2-6,14H,19H2,1H3. The van der Waals surface area contributed by atoms with Gasteiger partial charge in [0.05, 0.1) is 13.2 Å². The van der Waals surface area contributed by atoms with E-state index in [0.717, 1.165) is 12.1 Å². The Morgan fingerprint density at radius 1 is 1.05 bits per heavy atom. The minimum Gasteiger partial charge on any atom is -0.494 e. The first kappa shape index (κ1) is 14.7. The molecule has 2 rings (SSSR count). The molecular formula is C14H11ClF3NO. The summed E-state index contributed by atoms with van der Waals surface area (Å²) in [4.78, 5) is 0. The van der Waals surface area contributed by atoms with Crippen molar-refractivity contribution in [1.82, 2.24) is 0 Å². The first-order chi connectivity index (χ1) is 9.43. The fourth-order valence-corrected chi connectivity index (χ4v) is 2.10. The van der Waals surface area contributed by atoms with Gasteiger partial charge >= 0.3 is 0 Å². The van der Waals surface area contributed by atoms with Crippen molar-refractivity contribution in [2.75, 3.05) is 7.11 Å². The van der Waals surface area contributed by atoms with Gasteiger partial charge < -0.3 is 10.5 Å². The number of nitrogens with two attached hydrogens (primary N) is 1. The predicted molar refractivity (Wildman–Crippen MR) is 70.4 cm³/mol. The molecule has 0 amide bonds. The quantitative estimate of drug-likeness (QED) is 0.875. The van der Waals surface area contributed by atoms with Gasteiger partial charge in [-0.05, 0) is 35.4 Å². The zero-order chi connectivity index (χ0) is 14.9. The molecule has 2 nitrogen and oxygen atoms in total. The highest BCUT2D eigenvalue weighted by atomic mass is 35.5. The van der Waals surface area contributed by atoms with Gasteiger partial charge in [0.1, 0.15) is 0 Å². The van der Waals surface area contributed by atoms with E-state index in [1.807, 2.05) is 0 Å². The van der Waals surface area contributed by atoms with E-state index < -0.39 is 23.5 Å². The van der Waals surface area contributed by atoms with Gasteiger partial charge in [-0.25, -0.2) is 13.2 Å². The Morgan fingerprint density at radius 2 is 1.70 bits per heavy atom. The van der Waals surface area contributed by atoms with Crippen molar-refractivity contribution >= 4 is 11.6 Å². The van der Waals surface area contributed by atoms with E-state index >= 15 is 0 Å². The molecule has 1 unspecified atom stereocenters. The molecule has 0 aliphatic heterocycles. The summed E-state index contributed by atoms with van der Waals surface area (Å²) < 4.78 is 44.7. The number of rotatable bonds is 3. The topological polar surface area (TPSA) is 35.2 Å². The molecule has 2 aromatic rings. The van der Waals surface area contributed by atoms with E-state index in [2.05, 4.69) is 0 Å². The van der Waals surface area contributed by atoms with Gasteiger partial charge in [-0.2, -0.15) is 0 Å². The highest BCUT2D eigenvalue weighted by Gasteiger charge is 2.17. The number of hydrogen-bond acceptors (Lipinski definition) is 2. The molecule has 6 heteroatoms. The van der Waals surface area contributed by atoms with Gasteiger partial charge in [-0.3, -0.25) is 0 Å². The third-order valence-electron chi connectivity index (χ3n) is 2.91. The first-order valence-electron chi connectivity index (χ1n) is 5.67. The fraction of sp³-hybridized carbons (Fsp3) is 0.143. The Hall–Kier alpha value is -1.72. The van der Waals surface area contributed by atoms with Crippen LogP contribution in [0.1, 0.15) is 17.2 Å². The zero-order valence-corrected chi connectivity index (χ0v) is 11.2. The van der Waals surface area contributed by atoms with Crippen LogP contribution in [0.5, 0.6) is 5.75 Å². The third kappa shape index (κ3) is 2.73. The second-order valence-corrected chi connectivity index (χ2v) is 4.57. The summed E-state index contributed by atoms with van der Waals surface area (Å²) in [7, 11) is 1.34. The molecule has 0 saturated heterocycles. The molecule has 1 atom stereocenters. The zero-order valence-electron chi connectivity index (χ0n) is 10.5. The first-order valence-corrected chi connectivity index (χ1v) is 6.05. The number of halogens is 4. The summed E-state index contributed by atoms with van der Waals surface area (Å²) in [5, 5.41) is -0.0207. The monoisotopic (exact) mass is 301 g/mol. The number of ether oxygens (including phenoxy) is 1. The lowest BCUT2D eigenvalue weighted by Crippen LogP contribution is -2.13. The molecule has 0 bridgehead atoms. The van der Waals surface area contributed by atoms with Gasteiger partial charge in [-0.1, -0.05) is 17.7 Å². The van der Waals surface area contributed by atoms with E-state index in [-0.39, 0.29) is 16.3 Å². The van der Waals surface area contributed by atoms with Crippen molar-refractivity contribution in [2.24, 2.45) is 5.73 Å². The normalized spacial score (nSPS) is 12.3. The average molecular weight is 302 g/mol. The van der Waals surface area contributed by atoms with Crippen LogP contribution in [0.4, 0.5) is 13.2 Å². The molecule has 2 N–H and O–H groups in total. The van der Waals surface area contributed by atoms with Crippen LogP contribution in [0.2, 0.25) is 5.02 Å². The van der Waals surface area contributed by atoms with Crippen LogP contribution in [0.25, 0.3) is 0 Å². The molecule has 0 radical (unpaired) electrons. The number of methoxy groups -OCH3 is 1. The van der Waals surface area contributed by atoms with Crippen LogP contribution in [0.3, 0.4) is 0 Å². The Labute approximate surface area is 118 Å². The Bertz CT molecular complexity index is 649. The van der Waals surface area contributed by atoms with E-state index in [1.165, 1.54) is 25.3 Å². The Balaban J connectivity index is 2.43. The summed E-state index contributed by atoms with van der Waals surface area (Å²) in [5.41, 5.74) is 6.46. The highest BCUT2D eigenvalue weighted by molar-refractivity contribution is 6.31. The largest absolute Gasteiger partial charge is 0.494 e. The molecule has 0 fully saturated rings. The number of benzene rings is 2. The lowest BCUT2D eigenvalue weighted by Gasteiger charge is -2.15. The Morgan fingerprint density at radius 3 is 2.30 bits per heavy atom. The van der Waals surface area contributed by atoms with Crippen LogP contribution in [0, 0.1) is 17.5 Å². The molecule has 106 valence electrons. The molecule has 0 aliphatic carbocycles. The average Bonchev–Trinajstić information content (AvgIpc) is 2.42. The summed E-state index contributed by atoms with van der Waals surface area (Å²) >= 11 is 5.84. The molecule has 2 aromatic carbocycles. The molecule has 0 aliphatic rings. The summed E-state index contributed by atoms with van der Waals surface area (Å²) in [5.74, 6) is -2.66. The van der Waals surface area contributed by atoms with Crippen molar-refractivity contribution in [2.45, 2.75) is 6.04 Å². The van der Waals surface area contributed by atoms with Crippen molar-refractivity contribution in [3.8, 4) is 5.75 Å². The second kappa shape index (κ2) is 5.73. The second-order valence-electron chi connectivity index (χ2n) is 4.16. The van der Waals surface area contributed by atoms with Gasteiger partial charge in [-0.15, -0.1) is 0 Å². The minimum absolute atomic E-state index is 0.0207. The minimum atomic E-state index is -1.06.